The summed E-state index contributed by atoms with van der Waals surface area (Å²) in [6, 6.07) is 7.38. The molecule has 0 aromatic heterocycles. The summed E-state index contributed by atoms with van der Waals surface area (Å²) in [7, 11) is 4.39. The standard InChI is InChI=1S/C15H23BrN2/c1-12-10-14(16)5-4-13(12)11-18-8-6-15(7-9-18)17(2)3/h4-5,10,15H,6-9,11H2,1-3H3. The van der Waals surface area contributed by atoms with E-state index in [1.54, 1.807) is 0 Å². The maximum absolute atomic E-state index is 3.53. The Morgan fingerprint density at radius 1 is 1.28 bits per heavy atom. The Balaban J connectivity index is 1.91. The van der Waals surface area contributed by atoms with Crippen LogP contribution in [0.1, 0.15) is 24.0 Å². The molecular weight excluding hydrogens is 288 g/mol. The van der Waals surface area contributed by atoms with Crippen LogP contribution in [-0.4, -0.2) is 43.0 Å². The molecule has 1 aliphatic rings. The van der Waals surface area contributed by atoms with Crippen molar-refractivity contribution in [2.75, 3.05) is 27.2 Å². The van der Waals surface area contributed by atoms with Gasteiger partial charge in [0.05, 0.1) is 0 Å². The van der Waals surface area contributed by atoms with Gasteiger partial charge in [0.2, 0.25) is 0 Å². The van der Waals surface area contributed by atoms with Crippen molar-refractivity contribution < 1.29 is 0 Å². The summed E-state index contributed by atoms with van der Waals surface area (Å²) in [6.07, 6.45) is 2.59. The first-order chi connectivity index (χ1) is 8.56. The monoisotopic (exact) mass is 310 g/mol. The molecule has 0 atom stereocenters. The Hall–Kier alpha value is -0.380. The number of piperidine rings is 1. The van der Waals surface area contributed by atoms with Gasteiger partial charge in [0.15, 0.2) is 0 Å². The molecule has 1 heterocycles. The summed E-state index contributed by atoms with van der Waals surface area (Å²) in [5, 5.41) is 0. The molecule has 0 aliphatic carbocycles. The van der Waals surface area contributed by atoms with Crippen molar-refractivity contribution in [3.63, 3.8) is 0 Å². The lowest BCUT2D eigenvalue weighted by Crippen LogP contribution is -2.41. The van der Waals surface area contributed by atoms with Crippen molar-refractivity contribution in [1.29, 1.82) is 0 Å². The zero-order valence-corrected chi connectivity index (χ0v) is 13.2. The Bertz CT molecular complexity index is 395. The van der Waals surface area contributed by atoms with Crippen molar-refractivity contribution in [2.24, 2.45) is 0 Å². The SMILES string of the molecule is Cc1cc(Br)ccc1CN1CCC(N(C)C)CC1. The topological polar surface area (TPSA) is 6.48 Å². The first kappa shape index (κ1) is 14.0. The van der Waals surface area contributed by atoms with Gasteiger partial charge in [0, 0.05) is 17.1 Å². The van der Waals surface area contributed by atoms with Gasteiger partial charge in [-0.1, -0.05) is 22.0 Å². The van der Waals surface area contributed by atoms with Crippen LogP contribution >= 0.6 is 15.9 Å². The third kappa shape index (κ3) is 3.56. The molecule has 0 saturated carbocycles. The second kappa shape index (κ2) is 6.18. The Kier molecular flexibility index (Phi) is 4.82. The molecule has 0 N–H and O–H groups in total. The second-order valence-corrected chi connectivity index (χ2v) is 6.46. The van der Waals surface area contributed by atoms with Crippen molar-refractivity contribution in [3.05, 3.63) is 33.8 Å². The number of rotatable bonds is 3. The van der Waals surface area contributed by atoms with E-state index in [9.17, 15) is 0 Å². The smallest absolute Gasteiger partial charge is 0.0236 e. The van der Waals surface area contributed by atoms with E-state index in [1.165, 1.54) is 41.5 Å². The maximum atomic E-state index is 3.53. The Morgan fingerprint density at radius 3 is 2.50 bits per heavy atom. The van der Waals surface area contributed by atoms with E-state index in [4.69, 9.17) is 0 Å². The van der Waals surface area contributed by atoms with Crippen LogP contribution in [0.3, 0.4) is 0 Å². The molecule has 3 heteroatoms. The molecule has 2 rings (SSSR count). The Morgan fingerprint density at radius 2 is 1.94 bits per heavy atom. The van der Waals surface area contributed by atoms with E-state index >= 15 is 0 Å². The summed E-state index contributed by atoms with van der Waals surface area (Å²) in [5.41, 5.74) is 2.85. The van der Waals surface area contributed by atoms with E-state index in [-0.39, 0.29) is 0 Å². The largest absolute Gasteiger partial charge is 0.306 e. The van der Waals surface area contributed by atoms with Crippen LogP contribution in [0.5, 0.6) is 0 Å². The fourth-order valence-electron chi connectivity index (χ4n) is 2.67. The van der Waals surface area contributed by atoms with Gasteiger partial charge in [0.1, 0.15) is 0 Å². The lowest BCUT2D eigenvalue weighted by Gasteiger charge is -2.35. The van der Waals surface area contributed by atoms with E-state index < -0.39 is 0 Å². The molecule has 2 nitrogen and oxygen atoms in total. The minimum atomic E-state index is 0.771. The van der Waals surface area contributed by atoms with Crippen LogP contribution in [0.15, 0.2) is 22.7 Å². The van der Waals surface area contributed by atoms with Gasteiger partial charge < -0.3 is 4.90 Å². The van der Waals surface area contributed by atoms with Gasteiger partial charge in [-0.3, -0.25) is 4.90 Å². The molecule has 0 unspecified atom stereocenters. The fraction of sp³-hybridized carbons (Fsp3) is 0.600. The highest BCUT2D eigenvalue weighted by Gasteiger charge is 2.20. The van der Waals surface area contributed by atoms with Gasteiger partial charge in [0.25, 0.3) is 0 Å². The molecule has 0 amide bonds. The molecule has 1 saturated heterocycles. The molecular formula is C15H23BrN2. The first-order valence-electron chi connectivity index (χ1n) is 6.70. The highest BCUT2D eigenvalue weighted by atomic mass is 79.9. The van der Waals surface area contributed by atoms with Crippen LogP contribution in [0.2, 0.25) is 0 Å². The first-order valence-corrected chi connectivity index (χ1v) is 7.49. The molecule has 1 aromatic carbocycles. The Labute approximate surface area is 119 Å². The average Bonchev–Trinajstić information content (AvgIpc) is 2.33. The molecule has 18 heavy (non-hydrogen) atoms. The van der Waals surface area contributed by atoms with Crippen molar-refractivity contribution >= 4 is 15.9 Å². The van der Waals surface area contributed by atoms with Crippen LogP contribution in [0, 0.1) is 6.92 Å². The second-order valence-electron chi connectivity index (χ2n) is 5.54. The van der Waals surface area contributed by atoms with E-state index in [2.05, 4.69) is 64.9 Å². The maximum Gasteiger partial charge on any atom is 0.0236 e. The summed E-state index contributed by atoms with van der Waals surface area (Å²) in [5.74, 6) is 0. The van der Waals surface area contributed by atoms with Crippen molar-refractivity contribution in [3.8, 4) is 0 Å². The number of halogens is 1. The van der Waals surface area contributed by atoms with Gasteiger partial charge in [-0.15, -0.1) is 0 Å². The van der Waals surface area contributed by atoms with Crippen LogP contribution in [0.25, 0.3) is 0 Å². The third-order valence-electron chi connectivity index (χ3n) is 3.99. The number of aryl methyl sites for hydroxylation is 1. The predicted octanol–water partition coefficient (Wildman–Crippen LogP) is 3.28. The minimum absolute atomic E-state index is 0.771. The van der Waals surface area contributed by atoms with Gasteiger partial charge >= 0.3 is 0 Å². The van der Waals surface area contributed by atoms with Crippen LogP contribution in [-0.2, 0) is 6.54 Å². The van der Waals surface area contributed by atoms with E-state index in [0.717, 1.165) is 12.6 Å². The fourth-order valence-corrected chi connectivity index (χ4v) is 3.15. The molecule has 1 aliphatic heterocycles. The van der Waals surface area contributed by atoms with Crippen LogP contribution in [0.4, 0.5) is 0 Å². The number of hydrogen-bond acceptors (Lipinski definition) is 2. The zero-order chi connectivity index (χ0) is 13.1. The molecule has 1 aromatic rings. The normalized spacial score (nSPS) is 18.5. The van der Waals surface area contributed by atoms with Crippen molar-refractivity contribution in [2.45, 2.75) is 32.4 Å². The molecule has 100 valence electrons. The van der Waals surface area contributed by atoms with Gasteiger partial charge in [-0.05, 0) is 70.2 Å². The van der Waals surface area contributed by atoms with Gasteiger partial charge in [-0.2, -0.15) is 0 Å². The van der Waals surface area contributed by atoms with E-state index in [1.807, 2.05) is 0 Å². The summed E-state index contributed by atoms with van der Waals surface area (Å²) in [6.45, 7) is 5.74. The molecule has 0 spiro atoms. The third-order valence-corrected chi connectivity index (χ3v) is 4.48. The lowest BCUT2D eigenvalue weighted by molar-refractivity contribution is 0.140. The summed E-state index contributed by atoms with van der Waals surface area (Å²) in [4.78, 5) is 4.94. The summed E-state index contributed by atoms with van der Waals surface area (Å²) < 4.78 is 1.18. The number of nitrogens with zero attached hydrogens (tertiary/aromatic N) is 2. The molecule has 1 fully saturated rings. The number of hydrogen-bond donors (Lipinski definition) is 0. The number of likely N-dealkylation sites (tertiary alicyclic amines) is 1. The zero-order valence-electron chi connectivity index (χ0n) is 11.6. The highest BCUT2D eigenvalue weighted by Crippen LogP contribution is 2.20. The number of benzene rings is 1. The minimum Gasteiger partial charge on any atom is -0.306 e. The lowest BCUT2D eigenvalue weighted by atomic mass is 10.0. The molecule has 0 bridgehead atoms. The van der Waals surface area contributed by atoms with E-state index in [0.29, 0.717) is 0 Å². The summed E-state index contributed by atoms with van der Waals surface area (Å²) >= 11 is 3.53. The average molecular weight is 311 g/mol. The quantitative estimate of drug-likeness (QED) is 0.845. The molecule has 0 radical (unpaired) electrons. The predicted molar refractivity (Wildman–Crippen MR) is 80.9 cm³/mol. The van der Waals surface area contributed by atoms with Crippen molar-refractivity contribution in [1.82, 2.24) is 9.80 Å². The highest BCUT2D eigenvalue weighted by molar-refractivity contribution is 9.10. The van der Waals surface area contributed by atoms with Crippen LogP contribution < -0.4 is 0 Å². The van der Waals surface area contributed by atoms with Gasteiger partial charge in [-0.25, -0.2) is 0 Å².